The fourth-order valence-corrected chi connectivity index (χ4v) is 2.30. The summed E-state index contributed by atoms with van der Waals surface area (Å²) in [5.41, 5.74) is 1.26. The normalized spacial score (nSPS) is 15.8. The molecule has 1 heterocycles. The summed E-state index contributed by atoms with van der Waals surface area (Å²) in [5, 5.41) is 3.64. The Bertz CT molecular complexity index is 388. The predicted molar refractivity (Wildman–Crippen MR) is 73.4 cm³/mol. The van der Waals surface area contributed by atoms with Gasteiger partial charge >= 0.3 is 0 Å². The molecule has 0 aromatic heterocycles. The van der Waals surface area contributed by atoms with Crippen molar-refractivity contribution in [3.8, 4) is 11.5 Å². The van der Waals surface area contributed by atoms with Gasteiger partial charge in [0.15, 0.2) is 11.5 Å². The number of rotatable bonds is 5. The van der Waals surface area contributed by atoms with Gasteiger partial charge in [0.1, 0.15) is 13.2 Å². The Morgan fingerprint density at radius 1 is 1.11 bits per heavy atom. The molecule has 0 bridgehead atoms. The third-order valence-electron chi connectivity index (χ3n) is 3.54. The fourth-order valence-electron chi connectivity index (χ4n) is 2.30. The van der Waals surface area contributed by atoms with Crippen LogP contribution in [0.4, 0.5) is 0 Å². The van der Waals surface area contributed by atoms with Crippen molar-refractivity contribution in [2.45, 2.75) is 45.7 Å². The zero-order valence-electron chi connectivity index (χ0n) is 11.5. The van der Waals surface area contributed by atoms with Crippen LogP contribution in [0, 0.1) is 0 Å². The molecule has 100 valence electrons. The van der Waals surface area contributed by atoms with E-state index in [0.717, 1.165) is 24.3 Å². The maximum Gasteiger partial charge on any atom is 0.161 e. The highest BCUT2D eigenvalue weighted by Gasteiger charge is 2.15. The molecule has 18 heavy (non-hydrogen) atoms. The minimum atomic E-state index is 0.339. The van der Waals surface area contributed by atoms with Crippen LogP contribution in [0.2, 0.25) is 0 Å². The van der Waals surface area contributed by atoms with Gasteiger partial charge in [-0.2, -0.15) is 0 Å². The Morgan fingerprint density at radius 3 is 2.44 bits per heavy atom. The van der Waals surface area contributed by atoms with Gasteiger partial charge in [-0.3, -0.25) is 0 Å². The summed E-state index contributed by atoms with van der Waals surface area (Å²) < 4.78 is 11.2. The number of hydrogen-bond acceptors (Lipinski definition) is 3. The van der Waals surface area contributed by atoms with E-state index in [9.17, 15) is 0 Å². The first-order valence-corrected chi connectivity index (χ1v) is 6.90. The topological polar surface area (TPSA) is 30.5 Å². The van der Waals surface area contributed by atoms with Crippen molar-refractivity contribution >= 4 is 0 Å². The van der Waals surface area contributed by atoms with Crippen molar-refractivity contribution in [1.29, 1.82) is 0 Å². The third kappa shape index (κ3) is 2.96. The van der Waals surface area contributed by atoms with E-state index in [2.05, 4.69) is 38.2 Å². The SMILES string of the molecule is CCC(CC)NC(C)c1ccc2c(c1)OCCO2. The molecule has 1 aliphatic heterocycles. The molecule has 0 saturated carbocycles. The number of benzene rings is 1. The van der Waals surface area contributed by atoms with Crippen LogP contribution in [0.1, 0.15) is 45.2 Å². The molecule has 0 spiro atoms. The van der Waals surface area contributed by atoms with Crippen molar-refractivity contribution < 1.29 is 9.47 Å². The van der Waals surface area contributed by atoms with Crippen LogP contribution in [-0.2, 0) is 0 Å². The molecule has 1 N–H and O–H groups in total. The van der Waals surface area contributed by atoms with E-state index in [1.807, 2.05) is 6.07 Å². The highest BCUT2D eigenvalue weighted by Crippen LogP contribution is 2.32. The molecule has 3 nitrogen and oxygen atoms in total. The predicted octanol–water partition coefficient (Wildman–Crippen LogP) is 3.30. The van der Waals surface area contributed by atoms with E-state index in [1.54, 1.807) is 0 Å². The lowest BCUT2D eigenvalue weighted by Gasteiger charge is -2.24. The Labute approximate surface area is 109 Å². The highest BCUT2D eigenvalue weighted by atomic mass is 16.6. The Morgan fingerprint density at radius 2 is 1.78 bits per heavy atom. The Balaban J connectivity index is 2.08. The average molecular weight is 249 g/mol. The first-order valence-electron chi connectivity index (χ1n) is 6.90. The minimum absolute atomic E-state index is 0.339. The zero-order chi connectivity index (χ0) is 13.0. The maximum absolute atomic E-state index is 5.62. The molecule has 1 unspecified atom stereocenters. The van der Waals surface area contributed by atoms with Gasteiger partial charge in [0.25, 0.3) is 0 Å². The van der Waals surface area contributed by atoms with Crippen molar-refractivity contribution in [3.05, 3.63) is 23.8 Å². The van der Waals surface area contributed by atoms with E-state index in [-0.39, 0.29) is 0 Å². The molecular formula is C15H23NO2. The number of ether oxygens (including phenoxy) is 2. The zero-order valence-corrected chi connectivity index (χ0v) is 11.5. The Kier molecular flexibility index (Phi) is 4.48. The van der Waals surface area contributed by atoms with Gasteiger partial charge < -0.3 is 14.8 Å². The molecule has 3 heteroatoms. The first kappa shape index (κ1) is 13.2. The number of nitrogens with one attached hydrogen (secondary N) is 1. The van der Waals surface area contributed by atoms with Crippen molar-refractivity contribution in [2.24, 2.45) is 0 Å². The van der Waals surface area contributed by atoms with Gasteiger partial charge in [-0.25, -0.2) is 0 Å². The Hall–Kier alpha value is -1.22. The lowest BCUT2D eigenvalue weighted by molar-refractivity contribution is 0.171. The van der Waals surface area contributed by atoms with E-state index in [1.165, 1.54) is 5.56 Å². The van der Waals surface area contributed by atoms with Crippen LogP contribution < -0.4 is 14.8 Å². The lowest BCUT2D eigenvalue weighted by Crippen LogP contribution is -2.30. The highest BCUT2D eigenvalue weighted by molar-refractivity contribution is 5.44. The molecule has 0 aliphatic carbocycles. The van der Waals surface area contributed by atoms with Gasteiger partial charge in [-0.05, 0) is 37.5 Å². The summed E-state index contributed by atoms with van der Waals surface area (Å²) in [6.07, 6.45) is 2.32. The maximum atomic E-state index is 5.62. The van der Waals surface area contributed by atoms with E-state index < -0.39 is 0 Å². The van der Waals surface area contributed by atoms with Gasteiger partial charge in [0.2, 0.25) is 0 Å². The van der Waals surface area contributed by atoms with Crippen LogP contribution in [0.3, 0.4) is 0 Å². The van der Waals surface area contributed by atoms with Crippen molar-refractivity contribution in [2.75, 3.05) is 13.2 Å². The van der Waals surface area contributed by atoms with E-state index in [0.29, 0.717) is 25.3 Å². The summed E-state index contributed by atoms with van der Waals surface area (Å²) in [7, 11) is 0. The molecule has 1 atom stereocenters. The van der Waals surface area contributed by atoms with Crippen LogP contribution in [0.25, 0.3) is 0 Å². The molecule has 0 fully saturated rings. The van der Waals surface area contributed by atoms with Crippen LogP contribution in [-0.4, -0.2) is 19.3 Å². The molecule has 0 saturated heterocycles. The summed E-state index contributed by atoms with van der Waals surface area (Å²) >= 11 is 0. The second-order valence-corrected chi connectivity index (χ2v) is 4.80. The average Bonchev–Trinajstić information content (AvgIpc) is 2.44. The standard InChI is InChI=1S/C15H23NO2/c1-4-13(5-2)16-11(3)12-6-7-14-15(10-12)18-9-8-17-14/h6-7,10-11,13,16H,4-5,8-9H2,1-3H3. The third-order valence-corrected chi connectivity index (χ3v) is 3.54. The van der Waals surface area contributed by atoms with Crippen molar-refractivity contribution in [3.63, 3.8) is 0 Å². The van der Waals surface area contributed by atoms with Crippen LogP contribution in [0.15, 0.2) is 18.2 Å². The molecule has 0 amide bonds. The van der Waals surface area contributed by atoms with Crippen molar-refractivity contribution in [1.82, 2.24) is 5.32 Å². The van der Waals surface area contributed by atoms with Gasteiger partial charge in [-0.1, -0.05) is 19.9 Å². The van der Waals surface area contributed by atoms with Crippen LogP contribution in [0.5, 0.6) is 11.5 Å². The minimum Gasteiger partial charge on any atom is -0.486 e. The van der Waals surface area contributed by atoms with Gasteiger partial charge in [0, 0.05) is 12.1 Å². The summed E-state index contributed by atoms with van der Waals surface area (Å²) in [6.45, 7) is 7.93. The molecule has 1 aromatic carbocycles. The monoisotopic (exact) mass is 249 g/mol. The van der Waals surface area contributed by atoms with E-state index in [4.69, 9.17) is 9.47 Å². The molecule has 1 aliphatic rings. The molecular weight excluding hydrogens is 226 g/mol. The lowest BCUT2D eigenvalue weighted by atomic mass is 10.0. The fraction of sp³-hybridized carbons (Fsp3) is 0.600. The second kappa shape index (κ2) is 6.10. The summed E-state index contributed by atoms with van der Waals surface area (Å²) in [5.74, 6) is 1.73. The van der Waals surface area contributed by atoms with Gasteiger partial charge in [-0.15, -0.1) is 0 Å². The summed E-state index contributed by atoms with van der Waals surface area (Å²) in [6, 6.07) is 7.13. The number of hydrogen-bond donors (Lipinski definition) is 1. The molecule has 2 rings (SSSR count). The summed E-state index contributed by atoms with van der Waals surface area (Å²) in [4.78, 5) is 0. The first-order chi connectivity index (χ1) is 8.74. The van der Waals surface area contributed by atoms with Gasteiger partial charge in [0.05, 0.1) is 0 Å². The van der Waals surface area contributed by atoms with Crippen LogP contribution >= 0.6 is 0 Å². The smallest absolute Gasteiger partial charge is 0.161 e. The van der Waals surface area contributed by atoms with E-state index >= 15 is 0 Å². The molecule has 1 aromatic rings. The molecule has 0 radical (unpaired) electrons. The number of fused-ring (bicyclic) bond motifs is 1. The second-order valence-electron chi connectivity index (χ2n) is 4.80. The quantitative estimate of drug-likeness (QED) is 0.868. The largest absolute Gasteiger partial charge is 0.486 e.